The highest BCUT2D eigenvalue weighted by Crippen LogP contribution is 2.45. The number of carbonyl (C=O) groups is 1. The van der Waals surface area contributed by atoms with Crippen LogP contribution in [0.5, 0.6) is 5.75 Å². The lowest BCUT2D eigenvalue weighted by Gasteiger charge is -2.34. The van der Waals surface area contributed by atoms with Crippen LogP contribution in [0.4, 0.5) is 0 Å². The molecule has 2 heterocycles. The van der Waals surface area contributed by atoms with E-state index in [-0.39, 0.29) is 5.82 Å². The average molecular weight is 370 g/mol. The normalized spacial score (nSPS) is 19.1. The fourth-order valence-electron chi connectivity index (χ4n) is 3.03. The SMILES string of the molecule is COC(=O)C1=C(C)N=C2SC(C#N)=C(N)N2[C@@H]1c1ccc(C)c(OC)c1. The standard InChI is InChI=1S/C18H18N4O3S/c1-9-5-6-11(7-12(9)24-3)15-14(17(23)25-4)10(2)21-18-22(15)16(20)13(8-19)26-18/h5-7,15H,20H2,1-4H3/t15-/m1/s1. The molecule has 0 amide bonds. The summed E-state index contributed by atoms with van der Waals surface area (Å²) < 4.78 is 10.4. The molecule has 1 aromatic rings. The number of carbonyl (C=O) groups excluding carboxylic acids is 1. The van der Waals surface area contributed by atoms with Crippen LogP contribution in [-0.4, -0.2) is 30.3 Å². The van der Waals surface area contributed by atoms with E-state index in [1.54, 1.807) is 18.9 Å². The highest BCUT2D eigenvalue weighted by Gasteiger charge is 2.42. The summed E-state index contributed by atoms with van der Waals surface area (Å²) in [4.78, 5) is 19.0. The number of hydrogen-bond acceptors (Lipinski definition) is 8. The van der Waals surface area contributed by atoms with Crippen LogP contribution in [0.25, 0.3) is 0 Å². The Labute approximate surface area is 155 Å². The number of rotatable bonds is 3. The summed E-state index contributed by atoms with van der Waals surface area (Å²) >= 11 is 1.19. The predicted molar refractivity (Wildman–Crippen MR) is 98.9 cm³/mol. The third-order valence-electron chi connectivity index (χ3n) is 4.33. The molecule has 134 valence electrons. The van der Waals surface area contributed by atoms with Gasteiger partial charge in [-0.25, -0.2) is 9.79 Å². The number of nitrogens with zero attached hydrogens (tertiary/aromatic N) is 3. The van der Waals surface area contributed by atoms with Gasteiger partial charge in [0.15, 0.2) is 5.17 Å². The van der Waals surface area contributed by atoms with Gasteiger partial charge in [0.1, 0.15) is 22.5 Å². The van der Waals surface area contributed by atoms with Crippen LogP contribution >= 0.6 is 11.8 Å². The molecule has 0 aliphatic carbocycles. The Bertz CT molecular complexity index is 927. The van der Waals surface area contributed by atoms with Crippen LogP contribution in [0.2, 0.25) is 0 Å². The third kappa shape index (κ3) is 2.70. The van der Waals surface area contributed by atoms with Crippen molar-refractivity contribution in [1.29, 1.82) is 5.26 Å². The van der Waals surface area contributed by atoms with Crippen LogP contribution < -0.4 is 10.5 Å². The van der Waals surface area contributed by atoms with Crippen molar-refractivity contribution in [1.82, 2.24) is 4.90 Å². The molecule has 26 heavy (non-hydrogen) atoms. The van der Waals surface area contributed by atoms with Crippen LogP contribution in [0.3, 0.4) is 0 Å². The summed E-state index contributed by atoms with van der Waals surface area (Å²) in [6.07, 6.45) is 0. The molecule has 0 saturated carbocycles. The van der Waals surface area contributed by atoms with E-state index in [9.17, 15) is 10.1 Å². The summed E-state index contributed by atoms with van der Waals surface area (Å²) in [5, 5.41) is 9.89. The Balaban J connectivity index is 2.23. The Hall–Kier alpha value is -2.92. The van der Waals surface area contributed by atoms with Crippen molar-refractivity contribution < 1.29 is 14.3 Å². The van der Waals surface area contributed by atoms with E-state index in [0.29, 0.717) is 27.1 Å². The van der Waals surface area contributed by atoms with Crippen molar-refractivity contribution in [3.8, 4) is 11.8 Å². The molecule has 2 aliphatic heterocycles. The van der Waals surface area contributed by atoms with Gasteiger partial charge in [0.05, 0.1) is 31.5 Å². The van der Waals surface area contributed by atoms with Crippen LogP contribution in [0, 0.1) is 18.3 Å². The number of amidine groups is 1. The molecular formula is C18H18N4O3S. The van der Waals surface area contributed by atoms with Crippen molar-refractivity contribution in [2.45, 2.75) is 19.9 Å². The minimum atomic E-state index is -0.553. The first kappa shape index (κ1) is 17.9. The first-order valence-corrected chi connectivity index (χ1v) is 8.63. The molecule has 8 heteroatoms. The van der Waals surface area contributed by atoms with E-state index in [1.165, 1.54) is 18.9 Å². The monoisotopic (exact) mass is 370 g/mol. The van der Waals surface area contributed by atoms with E-state index in [2.05, 4.69) is 11.1 Å². The lowest BCUT2D eigenvalue weighted by Crippen LogP contribution is -2.38. The number of methoxy groups -OCH3 is 2. The highest BCUT2D eigenvalue weighted by atomic mass is 32.2. The first-order valence-electron chi connectivity index (χ1n) is 7.82. The van der Waals surface area contributed by atoms with Crippen molar-refractivity contribution in [3.63, 3.8) is 0 Å². The fourth-order valence-corrected chi connectivity index (χ4v) is 3.95. The molecule has 7 nitrogen and oxygen atoms in total. The predicted octanol–water partition coefficient (Wildman–Crippen LogP) is 2.56. The topological polar surface area (TPSA) is 101 Å². The molecule has 0 radical (unpaired) electrons. The number of aryl methyl sites for hydroxylation is 1. The molecule has 0 saturated heterocycles. The van der Waals surface area contributed by atoms with Crippen LogP contribution in [0.15, 0.2) is 45.2 Å². The second-order valence-corrected chi connectivity index (χ2v) is 6.79. The quantitative estimate of drug-likeness (QED) is 0.816. The molecule has 3 rings (SSSR count). The second kappa shape index (κ2) is 6.77. The van der Waals surface area contributed by atoms with Crippen molar-refractivity contribution in [2.75, 3.05) is 14.2 Å². The minimum Gasteiger partial charge on any atom is -0.496 e. The number of hydrogen-bond donors (Lipinski definition) is 1. The molecule has 0 bridgehead atoms. The van der Waals surface area contributed by atoms with Gasteiger partial charge in [0, 0.05) is 0 Å². The Morgan fingerprint density at radius 2 is 2.12 bits per heavy atom. The van der Waals surface area contributed by atoms with Gasteiger partial charge in [-0.15, -0.1) is 0 Å². The molecule has 0 fully saturated rings. The van der Waals surface area contributed by atoms with Crippen molar-refractivity contribution in [3.05, 3.63) is 51.3 Å². The zero-order chi connectivity index (χ0) is 19.0. The summed E-state index contributed by atoms with van der Waals surface area (Å²) in [6, 6.07) is 7.21. The maximum Gasteiger partial charge on any atom is 0.338 e. The molecule has 2 N–H and O–H groups in total. The maximum atomic E-state index is 12.5. The van der Waals surface area contributed by atoms with Gasteiger partial charge in [-0.1, -0.05) is 12.1 Å². The van der Waals surface area contributed by atoms with Gasteiger partial charge in [-0.3, -0.25) is 4.90 Å². The van der Waals surface area contributed by atoms with Gasteiger partial charge in [-0.2, -0.15) is 5.26 Å². The van der Waals surface area contributed by atoms with E-state index in [4.69, 9.17) is 15.2 Å². The summed E-state index contributed by atoms with van der Waals surface area (Å²) in [7, 11) is 2.92. The van der Waals surface area contributed by atoms with Gasteiger partial charge < -0.3 is 15.2 Å². The summed E-state index contributed by atoms with van der Waals surface area (Å²) in [6.45, 7) is 3.68. The number of esters is 1. The molecule has 0 spiro atoms. The number of fused-ring (bicyclic) bond motifs is 1. The molecule has 0 unspecified atom stereocenters. The Kier molecular flexibility index (Phi) is 4.66. The Morgan fingerprint density at radius 3 is 2.73 bits per heavy atom. The average Bonchev–Trinajstić information content (AvgIpc) is 2.95. The van der Waals surface area contributed by atoms with Crippen molar-refractivity contribution >= 4 is 22.9 Å². The number of benzene rings is 1. The van der Waals surface area contributed by atoms with Gasteiger partial charge in [-0.05, 0) is 42.8 Å². The van der Waals surface area contributed by atoms with Crippen LogP contribution in [0.1, 0.15) is 24.1 Å². The van der Waals surface area contributed by atoms with E-state index in [0.717, 1.165) is 11.1 Å². The molecular weight excluding hydrogens is 352 g/mol. The lowest BCUT2D eigenvalue weighted by molar-refractivity contribution is -0.136. The largest absolute Gasteiger partial charge is 0.496 e. The van der Waals surface area contributed by atoms with Crippen molar-refractivity contribution in [2.24, 2.45) is 10.7 Å². The smallest absolute Gasteiger partial charge is 0.338 e. The Morgan fingerprint density at radius 1 is 1.38 bits per heavy atom. The number of nitriles is 1. The molecule has 1 atom stereocenters. The molecule has 0 aromatic heterocycles. The third-order valence-corrected chi connectivity index (χ3v) is 5.31. The maximum absolute atomic E-state index is 12.5. The zero-order valence-corrected chi connectivity index (χ0v) is 15.7. The van der Waals surface area contributed by atoms with E-state index >= 15 is 0 Å². The number of nitrogens with two attached hydrogens (primary N) is 1. The van der Waals surface area contributed by atoms with Gasteiger partial charge >= 0.3 is 5.97 Å². The fraction of sp³-hybridized carbons (Fsp3) is 0.278. The minimum absolute atomic E-state index is 0.273. The number of thioether (sulfide) groups is 1. The summed E-state index contributed by atoms with van der Waals surface area (Å²) in [5.74, 6) is 0.482. The molecule has 2 aliphatic rings. The molecule has 1 aromatic carbocycles. The zero-order valence-electron chi connectivity index (χ0n) is 14.9. The van der Waals surface area contributed by atoms with Crippen LogP contribution in [-0.2, 0) is 9.53 Å². The first-order chi connectivity index (χ1) is 12.4. The van der Waals surface area contributed by atoms with Gasteiger partial charge in [0.2, 0.25) is 0 Å². The lowest BCUT2D eigenvalue weighted by atomic mass is 9.93. The van der Waals surface area contributed by atoms with Gasteiger partial charge in [0.25, 0.3) is 0 Å². The van der Waals surface area contributed by atoms with E-state index in [1.807, 2.05) is 25.1 Å². The highest BCUT2D eigenvalue weighted by molar-refractivity contribution is 8.17. The number of allylic oxidation sites excluding steroid dienone is 2. The number of aliphatic imine (C=N–C) groups is 1. The summed E-state index contributed by atoms with van der Waals surface area (Å²) in [5.41, 5.74) is 8.88. The second-order valence-electron chi connectivity index (χ2n) is 5.81. The van der Waals surface area contributed by atoms with E-state index < -0.39 is 12.0 Å². The number of ether oxygens (including phenoxy) is 2.